The molecule has 1 aromatic carbocycles. The third-order valence-electron chi connectivity index (χ3n) is 4.91. The molecule has 0 radical (unpaired) electrons. The summed E-state index contributed by atoms with van der Waals surface area (Å²) in [6.07, 6.45) is 7.23. The van der Waals surface area contributed by atoms with Crippen LogP contribution in [0.4, 0.5) is 0 Å². The summed E-state index contributed by atoms with van der Waals surface area (Å²) in [7, 11) is 1.56. The van der Waals surface area contributed by atoms with Crippen molar-refractivity contribution in [2.45, 2.75) is 56.7 Å². The SMILES string of the molecule is CCCCN1/C(=N\C(=O)c2cc(Cl)ccc2OC)SC2CCCCC21. The highest BCUT2D eigenvalue weighted by Crippen LogP contribution is 2.40. The van der Waals surface area contributed by atoms with Crippen LogP contribution < -0.4 is 4.74 Å². The molecule has 0 bridgehead atoms. The molecule has 3 rings (SSSR count). The Morgan fingerprint density at radius 1 is 1.40 bits per heavy atom. The summed E-state index contributed by atoms with van der Waals surface area (Å²) in [5.41, 5.74) is 0.424. The van der Waals surface area contributed by atoms with E-state index in [9.17, 15) is 4.79 Å². The molecular weight excluding hydrogens is 356 g/mol. The van der Waals surface area contributed by atoms with Gasteiger partial charge in [-0.05, 0) is 37.5 Å². The van der Waals surface area contributed by atoms with Crippen molar-refractivity contribution in [3.63, 3.8) is 0 Å². The van der Waals surface area contributed by atoms with Crippen LogP contribution in [-0.4, -0.2) is 40.9 Å². The zero-order chi connectivity index (χ0) is 17.8. The molecule has 2 atom stereocenters. The molecule has 136 valence electrons. The van der Waals surface area contributed by atoms with Crippen LogP contribution in [0.25, 0.3) is 0 Å². The van der Waals surface area contributed by atoms with Crippen LogP contribution in [0.1, 0.15) is 55.8 Å². The second kappa shape index (κ2) is 8.45. The van der Waals surface area contributed by atoms with Crippen molar-refractivity contribution in [3.05, 3.63) is 28.8 Å². The Morgan fingerprint density at radius 2 is 2.20 bits per heavy atom. The fourth-order valence-electron chi connectivity index (χ4n) is 3.59. The molecule has 0 aromatic heterocycles. The van der Waals surface area contributed by atoms with E-state index >= 15 is 0 Å². The number of methoxy groups -OCH3 is 1. The Balaban J connectivity index is 1.87. The topological polar surface area (TPSA) is 41.9 Å². The van der Waals surface area contributed by atoms with E-state index in [4.69, 9.17) is 16.3 Å². The number of hydrogen-bond acceptors (Lipinski definition) is 3. The van der Waals surface area contributed by atoms with Crippen LogP contribution in [0.3, 0.4) is 0 Å². The number of thioether (sulfide) groups is 1. The van der Waals surface area contributed by atoms with E-state index in [0.717, 1.165) is 24.6 Å². The zero-order valence-corrected chi connectivity index (χ0v) is 16.4. The first-order valence-corrected chi connectivity index (χ1v) is 10.3. The average Bonchev–Trinajstić information content (AvgIpc) is 2.96. The highest BCUT2D eigenvalue weighted by atomic mass is 35.5. The third-order valence-corrected chi connectivity index (χ3v) is 6.54. The maximum Gasteiger partial charge on any atom is 0.283 e. The fourth-order valence-corrected chi connectivity index (χ4v) is 5.26. The molecule has 1 aliphatic carbocycles. The summed E-state index contributed by atoms with van der Waals surface area (Å²) < 4.78 is 5.30. The van der Waals surface area contributed by atoms with Gasteiger partial charge in [-0.3, -0.25) is 4.79 Å². The standard InChI is InChI=1S/C19H25ClN2O2S/c1-3-4-11-22-15-7-5-6-8-17(15)25-19(22)21-18(23)14-12-13(20)9-10-16(14)24-2/h9-10,12,15,17H,3-8,11H2,1-2H3/b21-19+. The lowest BCUT2D eigenvalue weighted by Gasteiger charge is -2.31. The van der Waals surface area contributed by atoms with E-state index in [1.807, 2.05) is 0 Å². The van der Waals surface area contributed by atoms with E-state index in [2.05, 4.69) is 16.8 Å². The third kappa shape index (κ3) is 4.14. The lowest BCUT2D eigenvalue weighted by molar-refractivity contribution is 0.0998. The van der Waals surface area contributed by atoms with Crippen LogP contribution in [0.2, 0.25) is 5.02 Å². The van der Waals surface area contributed by atoms with Gasteiger partial charge < -0.3 is 9.64 Å². The molecule has 1 aromatic rings. The first kappa shape index (κ1) is 18.6. The lowest BCUT2D eigenvalue weighted by Crippen LogP contribution is -2.39. The summed E-state index contributed by atoms with van der Waals surface area (Å²) in [6.45, 7) is 3.17. The summed E-state index contributed by atoms with van der Waals surface area (Å²) in [4.78, 5) is 19.6. The molecule has 25 heavy (non-hydrogen) atoms. The van der Waals surface area contributed by atoms with E-state index in [0.29, 0.717) is 27.6 Å². The van der Waals surface area contributed by atoms with Crippen LogP contribution in [0, 0.1) is 0 Å². The molecule has 1 amide bonds. The Kier molecular flexibility index (Phi) is 6.29. The van der Waals surface area contributed by atoms with E-state index in [1.165, 1.54) is 25.7 Å². The number of unbranched alkanes of at least 4 members (excludes halogenated alkanes) is 1. The Labute approximate surface area is 159 Å². The Bertz CT molecular complexity index is 665. The summed E-state index contributed by atoms with van der Waals surface area (Å²) in [5, 5.41) is 1.95. The summed E-state index contributed by atoms with van der Waals surface area (Å²) >= 11 is 7.83. The lowest BCUT2D eigenvalue weighted by atomic mass is 9.94. The van der Waals surface area contributed by atoms with Crippen molar-refractivity contribution >= 4 is 34.4 Å². The van der Waals surface area contributed by atoms with Gasteiger partial charge in [0.15, 0.2) is 5.17 Å². The van der Waals surface area contributed by atoms with Crippen molar-refractivity contribution in [1.29, 1.82) is 0 Å². The molecule has 1 heterocycles. The summed E-state index contributed by atoms with van der Waals surface area (Å²) in [6, 6.07) is 5.59. The molecule has 1 aliphatic heterocycles. The fraction of sp³-hybridized carbons (Fsp3) is 0.579. The zero-order valence-electron chi connectivity index (χ0n) is 14.8. The molecule has 4 nitrogen and oxygen atoms in total. The number of amides is 1. The van der Waals surface area contributed by atoms with Crippen molar-refractivity contribution in [1.82, 2.24) is 4.90 Å². The number of fused-ring (bicyclic) bond motifs is 1. The molecule has 0 N–H and O–H groups in total. The molecule has 1 saturated heterocycles. The number of amidine groups is 1. The highest BCUT2D eigenvalue weighted by molar-refractivity contribution is 8.14. The van der Waals surface area contributed by atoms with Gasteiger partial charge in [0.05, 0.1) is 12.7 Å². The maximum absolute atomic E-state index is 12.8. The molecule has 2 aliphatic rings. The number of ether oxygens (including phenoxy) is 1. The van der Waals surface area contributed by atoms with Gasteiger partial charge in [0.1, 0.15) is 5.75 Å². The predicted molar refractivity (Wildman–Crippen MR) is 105 cm³/mol. The quantitative estimate of drug-likeness (QED) is 0.720. The minimum atomic E-state index is -0.276. The highest BCUT2D eigenvalue weighted by Gasteiger charge is 2.40. The van der Waals surface area contributed by atoms with Crippen LogP contribution in [0.15, 0.2) is 23.2 Å². The number of nitrogens with zero attached hydrogens (tertiary/aromatic N) is 2. The summed E-state index contributed by atoms with van der Waals surface area (Å²) in [5.74, 6) is 0.237. The van der Waals surface area contributed by atoms with Crippen LogP contribution in [0.5, 0.6) is 5.75 Å². The number of carbonyl (C=O) groups is 1. The number of halogens is 1. The molecule has 2 unspecified atom stereocenters. The van der Waals surface area contributed by atoms with Crippen molar-refractivity contribution < 1.29 is 9.53 Å². The molecule has 6 heteroatoms. The smallest absolute Gasteiger partial charge is 0.283 e. The minimum absolute atomic E-state index is 0.276. The minimum Gasteiger partial charge on any atom is -0.496 e. The second-order valence-corrected chi connectivity index (χ2v) is 8.24. The number of rotatable bonds is 5. The number of benzene rings is 1. The average molecular weight is 381 g/mol. The van der Waals surface area contributed by atoms with Gasteiger partial charge in [-0.2, -0.15) is 4.99 Å². The van der Waals surface area contributed by atoms with Gasteiger partial charge in [0, 0.05) is 22.9 Å². The van der Waals surface area contributed by atoms with Gasteiger partial charge in [-0.1, -0.05) is 49.5 Å². The molecule has 0 spiro atoms. The van der Waals surface area contributed by atoms with Gasteiger partial charge in [0.25, 0.3) is 5.91 Å². The first-order valence-electron chi connectivity index (χ1n) is 9.04. The molecule has 1 saturated carbocycles. The van der Waals surface area contributed by atoms with Gasteiger partial charge in [0.2, 0.25) is 0 Å². The molecular formula is C19H25ClN2O2S. The monoisotopic (exact) mass is 380 g/mol. The number of hydrogen-bond donors (Lipinski definition) is 0. The van der Waals surface area contributed by atoms with Crippen LogP contribution >= 0.6 is 23.4 Å². The normalized spacial score (nSPS) is 24.4. The number of carbonyl (C=O) groups excluding carboxylic acids is 1. The largest absolute Gasteiger partial charge is 0.496 e. The second-order valence-electron chi connectivity index (χ2n) is 6.60. The maximum atomic E-state index is 12.8. The van der Waals surface area contributed by atoms with E-state index < -0.39 is 0 Å². The van der Waals surface area contributed by atoms with Crippen molar-refractivity contribution in [2.24, 2.45) is 4.99 Å². The van der Waals surface area contributed by atoms with Gasteiger partial charge in [-0.15, -0.1) is 0 Å². The van der Waals surface area contributed by atoms with Crippen LogP contribution in [-0.2, 0) is 0 Å². The van der Waals surface area contributed by atoms with Crippen molar-refractivity contribution in [3.8, 4) is 5.75 Å². The number of aliphatic imine (C=N–C) groups is 1. The van der Waals surface area contributed by atoms with E-state index in [1.54, 1.807) is 37.1 Å². The Morgan fingerprint density at radius 3 is 2.96 bits per heavy atom. The van der Waals surface area contributed by atoms with Gasteiger partial charge >= 0.3 is 0 Å². The van der Waals surface area contributed by atoms with Gasteiger partial charge in [-0.25, -0.2) is 0 Å². The Hall–Kier alpha value is -1.20. The van der Waals surface area contributed by atoms with E-state index in [-0.39, 0.29) is 5.91 Å². The molecule has 2 fully saturated rings. The first-order chi connectivity index (χ1) is 12.1. The van der Waals surface area contributed by atoms with Crippen molar-refractivity contribution in [2.75, 3.05) is 13.7 Å². The predicted octanol–water partition coefficient (Wildman–Crippen LogP) is 5.00.